The Bertz CT molecular complexity index is 939. The molecule has 2 N–H and O–H groups in total. The Hall–Kier alpha value is -3.07. The van der Waals surface area contributed by atoms with E-state index in [2.05, 4.69) is 5.32 Å². The van der Waals surface area contributed by atoms with Crippen molar-refractivity contribution < 1.29 is 27.5 Å². The van der Waals surface area contributed by atoms with Gasteiger partial charge in [-0.2, -0.15) is 0 Å². The first kappa shape index (κ1) is 20.2. The molecular formula is C18H20N2O6S. The van der Waals surface area contributed by atoms with Gasteiger partial charge in [0, 0.05) is 12.1 Å². The summed E-state index contributed by atoms with van der Waals surface area (Å²) in [6.07, 6.45) is 0.304. The van der Waals surface area contributed by atoms with Gasteiger partial charge in [-0.25, -0.2) is 13.1 Å². The van der Waals surface area contributed by atoms with Crippen molar-refractivity contribution in [2.24, 2.45) is 0 Å². The highest BCUT2D eigenvalue weighted by atomic mass is 32.2. The quantitative estimate of drug-likeness (QED) is 0.747. The molecule has 0 spiro atoms. The molecule has 0 atom stereocenters. The van der Waals surface area contributed by atoms with Crippen LogP contribution in [-0.2, 0) is 14.8 Å². The molecule has 0 saturated heterocycles. The first-order valence-corrected chi connectivity index (χ1v) is 9.48. The summed E-state index contributed by atoms with van der Waals surface area (Å²) >= 11 is 0. The predicted octanol–water partition coefficient (Wildman–Crippen LogP) is 2.17. The summed E-state index contributed by atoms with van der Waals surface area (Å²) in [7, 11) is -1.35. The van der Waals surface area contributed by atoms with E-state index in [0.29, 0.717) is 17.9 Å². The molecule has 0 aliphatic carbocycles. The van der Waals surface area contributed by atoms with Crippen LogP contribution in [0.1, 0.15) is 23.7 Å². The molecule has 0 radical (unpaired) electrons. The second-order valence-corrected chi connectivity index (χ2v) is 7.08. The third-order valence-electron chi connectivity index (χ3n) is 3.64. The van der Waals surface area contributed by atoms with Gasteiger partial charge in [-0.3, -0.25) is 9.59 Å². The van der Waals surface area contributed by atoms with E-state index >= 15 is 0 Å². The van der Waals surface area contributed by atoms with Gasteiger partial charge in [-0.05, 0) is 36.4 Å². The van der Waals surface area contributed by atoms with E-state index in [1.54, 1.807) is 19.1 Å². The maximum Gasteiger partial charge on any atom is 0.268 e. The zero-order valence-electron chi connectivity index (χ0n) is 15.1. The molecular weight excluding hydrogens is 372 g/mol. The van der Waals surface area contributed by atoms with Crippen LogP contribution in [-0.4, -0.2) is 34.5 Å². The van der Waals surface area contributed by atoms with Gasteiger partial charge in [-0.15, -0.1) is 0 Å². The second kappa shape index (κ2) is 8.54. The number of ether oxygens (including phenoxy) is 2. The largest absolute Gasteiger partial charge is 0.493 e. The monoisotopic (exact) mass is 392 g/mol. The second-order valence-electron chi connectivity index (χ2n) is 5.40. The van der Waals surface area contributed by atoms with E-state index in [-0.39, 0.29) is 22.1 Å². The van der Waals surface area contributed by atoms with Gasteiger partial charge in [0.15, 0.2) is 11.5 Å². The van der Waals surface area contributed by atoms with E-state index in [1.165, 1.54) is 44.6 Å². The lowest BCUT2D eigenvalue weighted by atomic mass is 10.2. The summed E-state index contributed by atoms with van der Waals surface area (Å²) in [4.78, 5) is 23.7. The van der Waals surface area contributed by atoms with Crippen LogP contribution < -0.4 is 19.5 Å². The molecule has 0 aliphatic rings. The Morgan fingerprint density at radius 1 is 1.00 bits per heavy atom. The van der Waals surface area contributed by atoms with Crippen LogP contribution in [0.15, 0.2) is 47.4 Å². The molecule has 0 aliphatic heterocycles. The molecule has 144 valence electrons. The topological polar surface area (TPSA) is 111 Å². The molecule has 0 heterocycles. The van der Waals surface area contributed by atoms with Crippen molar-refractivity contribution in [1.82, 2.24) is 4.72 Å². The molecule has 2 aromatic rings. The SMILES string of the molecule is CCC(=O)Nc1ccc(S(=O)(=O)NC(=O)c2cccc(OC)c2OC)cc1. The number of methoxy groups -OCH3 is 2. The number of hydrogen-bond donors (Lipinski definition) is 2. The lowest BCUT2D eigenvalue weighted by molar-refractivity contribution is -0.115. The van der Waals surface area contributed by atoms with Crippen molar-refractivity contribution in [3.63, 3.8) is 0 Å². The number of amides is 2. The van der Waals surface area contributed by atoms with E-state index in [1.807, 2.05) is 4.72 Å². The minimum absolute atomic E-state index is 0.0206. The first-order valence-electron chi connectivity index (χ1n) is 8.00. The molecule has 8 nitrogen and oxygen atoms in total. The molecule has 0 aromatic heterocycles. The van der Waals surface area contributed by atoms with Crippen LogP contribution in [0.2, 0.25) is 0 Å². The van der Waals surface area contributed by atoms with Crippen LogP contribution in [0.3, 0.4) is 0 Å². The fraction of sp³-hybridized carbons (Fsp3) is 0.222. The van der Waals surface area contributed by atoms with Crippen LogP contribution in [0, 0.1) is 0 Å². The fourth-order valence-electron chi connectivity index (χ4n) is 2.27. The summed E-state index contributed by atoms with van der Waals surface area (Å²) in [6.45, 7) is 1.70. The average Bonchev–Trinajstić information content (AvgIpc) is 2.67. The van der Waals surface area contributed by atoms with Crippen molar-refractivity contribution in [3.8, 4) is 11.5 Å². The molecule has 0 bridgehead atoms. The smallest absolute Gasteiger partial charge is 0.268 e. The van der Waals surface area contributed by atoms with E-state index < -0.39 is 15.9 Å². The molecule has 0 unspecified atom stereocenters. The number of benzene rings is 2. The number of sulfonamides is 1. The number of anilines is 1. The number of para-hydroxylation sites is 1. The van der Waals surface area contributed by atoms with Gasteiger partial charge in [0.05, 0.1) is 24.7 Å². The summed E-state index contributed by atoms with van der Waals surface area (Å²) in [5.41, 5.74) is 0.480. The lowest BCUT2D eigenvalue weighted by Gasteiger charge is -2.13. The fourth-order valence-corrected chi connectivity index (χ4v) is 3.23. The number of carbonyl (C=O) groups is 2. The molecule has 0 fully saturated rings. The van der Waals surface area contributed by atoms with E-state index in [9.17, 15) is 18.0 Å². The van der Waals surface area contributed by atoms with Crippen molar-refractivity contribution in [1.29, 1.82) is 0 Å². The molecule has 27 heavy (non-hydrogen) atoms. The predicted molar refractivity (Wildman–Crippen MR) is 99.6 cm³/mol. The minimum Gasteiger partial charge on any atom is -0.493 e. The van der Waals surface area contributed by atoms with Crippen molar-refractivity contribution >= 4 is 27.5 Å². The summed E-state index contributed by atoms with van der Waals surface area (Å²) in [5, 5.41) is 2.61. The normalized spacial score (nSPS) is 10.8. The lowest BCUT2D eigenvalue weighted by Crippen LogP contribution is -2.31. The Balaban J connectivity index is 2.23. The highest BCUT2D eigenvalue weighted by Gasteiger charge is 2.22. The standard InChI is InChI=1S/C18H20N2O6S/c1-4-16(21)19-12-8-10-13(11-9-12)27(23,24)20-18(22)14-6-5-7-15(25-2)17(14)26-3/h5-11H,4H2,1-3H3,(H,19,21)(H,20,22). The van der Waals surface area contributed by atoms with Gasteiger partial charge in [-0.1, -0.05) is 13.0 Å². The van der Waals surface area contributed by atoms with Crippen molar-refractivity contribution in [3.05, 3.63) is 48.0 Å². The molecule has 0 saturated carbocycles. The zero-order chi connectivity index (χ0) is 20.0. The molecule has 2 aromatic carbocycles. The average molecular weight is 392 g/mol. The van der Waals surface area contributed by atoms with Gasteiger partial charge in [0.25, 0.3) is 15.9 Å². The Kier molecular flexibility index (Phi) is 6.40. The van der Waals surface area contributed by atoms with Gasteiger partial charge in [0.1, 0.15) is 0 Å². The Morgan fingerprint density at radius 3 is 2.22 bits per heavy atom. The van der Waals surface area contributed by atoms with E-state index in [0.717, 1.165) is 0 Å². The number of hydrogen-bond acceptors (Lipinski definition) is 6. The number of rotatable bonds is 7. The van der Waals surface area contributed by atoms with Gasteiger partial charge >= 0.3 is 0 Å². The first-order chi connectivity index (χ1) is 12.8. The number of nitrogens with one attached hydrogen (secondary N) is 2. The molecule has 9 heteroatoms. The molecule has 2 rings (SSSR count). The number of carbonyl (C=O) groups excluding carboxylic acids is 2. The third kappa shape index (κ3) is 4.76. The maximum absolute atomic E-state index is 12.5. The molecule has 2 amide bonds. The van der Waals surface area contributed by atoms with Crippen LogP contribution >= 0.6 is 0 Å². The van der Waals surface area contributed by atoms with E-state index in [4.69, 9.17) is 9.47 Å². The van der Waals surface area contributed by atoms with Crippen molar-refractivity contribution in [2.45, 2.75) is 18.2 Å². The summed E-state index contributed by atoms with van der Waals surface area (Å²) < 4.78 is 37.2. The van der Waals surface area contributed by atoms with Gasteiger partial charge in [0.2, 0.25) is 5.91 Å². The third-order valence-corrected chi connectivity index (χ3v) is 4.99. The summed E-state index contributed by atoms with van der Waals surface area (Å²) in [5.74, 6) is -0.609. The highest BCUT2D eigenvalue weighted by molar-refractivity contribution is 7.90. The Morgan fingerprint density at radius 2 is 1.67 bits per heavy atom. The minimum atomic E-state index is -4.11. The zero-order valence-corrected chi connectivity index (χ0v) is 15.9. The van der Waals surface area contributed by atoms with Crippen LogP contribution in [0.5, 0.6) is 11.5 Å². The van der Waals surface area contributed by atoms with Crippen molar-refractivity contribution in [2.75, 3.05) is 19.5 Å². The van der Waals surface area contributed by atoms with Gasteiger partial charge < -0.3 is 14.8 Å². The highest BCUT2D eigenvalue weighted by Crippen LogP contribution is 2.30. The summed E-state index contributed by atoms with van der Waals surface area (Å²) in [6, 6.07) is 10.0. The van der Waals surface area contributed by atoms with Crippen LogP contribution in [0.25, 0.3) is 0 Å². The maximum atomic E-state index is 12.5. The van der Waals surface area contributed by atoms with Crippen LogP contribution in [0.4, 0.5) is 5.69 Å². The Labute approximate surface area is 157 Å².